The highest BCUT2D eigenvalue weighted by atomic mass is 16.5. The Labute approximate surface area is 116 Å². The summed E-state index contributed by atoms with van der Waals surface area (Å²) in [5.41, 5.74) is 2.05. The van der Waals surface area contributed by atoms with Gasteiger partial charge in [-0.15, -0.1) is 0 Å². The molecule has 0 fully saturated rings. The highest BCUT2D eigenvalue weighted by Crippen LogP contribution is 2.37. The minimum absolute atomic E-state index is 0.141. The van der Waals surface area contributed by atoms with Gasteiger partial charge in [-0.1, -0.05) is 18.2 Å². The number of amides is 1. The van der Waals surface area contributed by atoms with E-state index >= 15 is 0 Å². The molecule has 0 aliphatic carbocycles. The Morgan fingerprint density at radius 3 is 2.50 bits per heavy atom. The number of rotatable bonds is 2. The molecular formula is C16H12N2O2. The van der Waals surface area contributed by atoms with Crippen LogP contribution in [0.3, 0.4) is 0 Å². The standard InChI is InChI=1S/C16H12N2O2/c1-20-12-8-6-11(7-9-12)18-15(10-17)13-4-2-3-5-14(13)16(18)19/h2-9,15H,1H3. The van der Waals surface area contributed by atoms with E-state index in [1.54, 1.807) is 37.4 Å². The molecule has 4 nitrogen and oxygen atoms in total. The van der Waals surface area contributed by atoms with Gasteiger partial charge in [-0.25, -0.2) is 0 Å². The second-order valence-electron chi connectivity index (χ2n) is 4.49. The average Bonchev–Trinajstić information content (AvgIpc) is 2.80. The van der Waals surface area contributed by atoms with Crippen LogP contribution >= 0.6 is 0 Å². The SMILES string of the molecule is COc1ccc(N2C(=O)c3ccccc3C2C#N)cc1. The molecule has 0 spiro atoms. The fourth-order valence-electron chi connectivity index (χ4n) is 2.45. The first-order valence-corrected chi connectivity index (χ1v) is 6.22. The monoisotopic (exact) mass is 264 g/mol. The van der Waals surface area contributed by atoms with Crippen LogP contribution in [-0.4, -0.2) is 13.0 Å². The van der Waals surface area contributed by atoms with E-state index in [0.717, 1.165) is 5.56 Å². The maximum absolute atomic E-state index is 12.5. The minimum atomic E-state index is -0.577. The van der Waals surface area contributed by atoms with Gasteiger partial charge in [-0.05, 0) is 30.3 Å². The first-order chi connectivity index (χ1) is 9.76. The number of hydrogen-bond acceptors (Lipinski definition) is 3. The van der Waals surface area contributed by atoms with E-state index in [2.05, 4.69) is 6.07 Å². The molecule has 1 aliphatic heterocycles. The van der Waals surface area contributed by atoms with Crippen LogP contribution in [0.5, 0.6) is 5.75 Å². The lowest BCUT2D eigenvalue weighted by Gasteiger charge is -2.20. The molecule has 1 aliphatic rings. The molecular weight excluding hydrogens is 252 g/mol. The van der Waals surface area contributed by atoms with E-state index in [0.29, 0.717) is 17.0 Å². The van der Waals surface area contributed by atoms with E-state index in [4.69, 9.17) is 4.74 Å². The van der Waals surface area contributed by atoms with Crippen LogP contribution in [-0.2, 0) is 0 Å². The maximum Gasteiger partial charge on any atom is 0.260 e. The molecule has 1 atom stereocenters. The zero-order valence-electron chi connectivity index (χ0n) is 10.9. The van der Waals surface area contributed by atoms with Gasteiger partial charge in [0.2, 0.25) is 0 Å². The molecule has 0 bridgehead atoms. The molecule has 1 heterocycles. The summed E-state index contributed by atoms with van der Waals surface area (Å²) in [6, 6.07) is 16.0. The van der Waals surface area contributed by atoms with Crippen LogP contribution in [0.25, 0.3) is 0 Å². The summed E-state index contributed by atoms with van der Waals surface area (Å²) < 4.78 is 5.11. The van der Waals surface area contributed by atoms with Crippen LogP contribution in [0.15, 0.2) is 48.5 Å². The second-order valence-corrected chi connectivity index (χ2v) is 4.49. The number of carbonyl (C=O) groups is 1. The van der Waals surface area contributed by atoms with Gasteiger partial charge in [0, 0.05) is 16.8 Å². The lowest BCUT2D eigenvalue weighted by Crippen LogP contribution is -2.26. The highest BCUT2D eigenvalue weighted by Gasteiger charge is 2.37. The summed E-state index contributed by atoms with van der Waals surface area (Å²) in [5.74, 6) is 0.573. The van der Waals surface area contributed by atoms with Gasteiger partial charge in [-0.2, -0.15) is 5.26 Å². The van der Waals surface area contributed by atoms with Gasteiger partial charge < -0.3 is 4.74 Å². The lowest BCUT2D eigenvalue weighted by molar-refractivity contribution is 0.0994. The summed E-state index contributed by atoms with van der Waals surface area (Å²) in [4.78, 5) is 14.0. The number of anilines is 1. The number of carbonyl (C=O) groups excluding carboxylic acids is 1. The number of nitriles is 1. The summed E-state index contributed by atoms with van der Waals surface area (Å²) >= 11 is 0. The zero-order valence-corrected chi connectivity index (χ0v) is 10.9. The molecule has 2 aromatic rings. The van der Waals surface area contributed by atoms with Gasteiger partial charge in [0.15, 0.2) is 6.04 Å². The lowest BCUT2D eigenvalue weighted by atomic mass is 10.1. The second kappa shape index (κ2) is 4.71. The normalized spacial score (nSPS) is 16.7. The van der Waals surface area contributed by atoms with Crippen LogP contribution in [0, 0.1) is 11.3 Å². The Bertz CT molecular complexity index is 701. The molecule has 4 heteroatoms. The molecule has 98 valence electrons. The van der Waals surface area contributed by atoms with Crippen molar-refractivity contribution in [3.63, 3.8) is 0 Å². The quantitative estimate of drug-likeness (QED) is 0.838. The van der Waals surface area contributed by atoms with Crippen molar-refractivity contribution in [3.8, 4) is 11.8 Å². The molecule has 20 heavy (non-hydrogen) atoms. The molecule has 0 aromatic heterocycles. The van der Waals surface area contributed by atoms with Gasteiger partial charge in [0.1, 0.15) is 5.75 Å². The van der Waals surface area contributed by atoms with Crippen LogP contribution in [0.1, 0.15) is 22.0 Å². The van der Waals surface area contributed by atoms with E-state index < -0.39 is 6.04 Å². The van der Waals surface area contributed by atoms with E-state index in [-0.39, 0.29) is 5.91 Å². The van der Waals surface area contributed by atoms with Crippen LogP contribution in [0.2, 0.25) is 0 Å². The predicted molar refractivity (Wildman–Crippen MR) is 74.6 cm³/mol. The Balaban J connectivity index is 2.06. The van der Waals surface area contributed by atoms with Gasteiger partial charge in [0.05, 0.1) is 13.2 Å². The Hall–Kier alpha value is -2.80. The number of hydrogen-bond donors (Lipinski definition) is 0. The van der Waals surface area contributed by atoms with Crippen molar-refractivity contribution in [2.24, 2.45) is 0 Å². The summed E-state index contributed by atoms with van der Waals surface area (Å²) in [6.07, 6.45) is 0. The van der Waals surface area contributed by atoms with Crippen molar-refractivity contribution in [1.29, 1.82) is 5.26 Å². The summed E-state index contributed by atoms with van der Waals surface area (Å²) in [5, 5.41) is 9.39. The van der Waals surface area contributed by atoms with E-state index in [9.17, 15) is 10.1 Å². The molecule has 0 saturated heterocycles. The van der Waals surface area contributed by atoms with Crippen molar-refractivity contribution < 1.29 is 9.53 Å². The number of ether oxygens (including phenoxy) is 1. The fourth-order valence-corrected chi connectivity index (χ4v) is 2.45. The molecule has 1 unspecified atom stereocenters. The molecule has 0 radical (unpaired) electrons. The maximum atomic E-state index is 12.5. The van der Waals surface area contributed by atoms with Crippen molar-refractivity contribution in [1.82, 2.24) is 0 Å². The van der Waals surface area contributed by atoms with Crippen molar-refractivity contribution >= 4 is 11.6 Å². The van der Waals surface area contributed by atoms with E-state index in [1.807, 2.05) is 18.2 Å². The smallest absolute Gasteiger partial charge is 0.260 e. The molecule has 3 rings (SSSR count). The molecule has 0 saturated carbocycles. The zero-order chi connectivity index (χ0) is 14.1. The largest absolute Gasteiger partial charge is 0.497 e. The summed E-state index contributed by atoms with van der Waals surface area (Å²) in [7, 11) is 1.59. The number of fused-ring (bicyclic) bond motifs is 1. The van der Waals surface area contributed by atoms with Crippen LogP contribution in [0.4, 0.5) is 5.69 Å². The average molecular weight is 264 g/mol. The first-order valence-electron chi connectivity index (χ1n) is 6.22. The number of methoxy groups -OCH3 is 1. The Morgan fingerprint density at radius 1 is 1.15 bits per heavy atom. The van der Waals surface area contributed by atoms with Gasteiger partial charge in [-0.3, -0.25) is 9.69 Å². The van der Waals surface area contributed by atoms with Gasteiger partial charge >= 0.3 is 0 Å². The van der Waals surface area contributed by atoms with Crippen molar-refractivity contribution in [2.75, 3.05) is 12.0 Å². The van der Waals surface area contributed by atoms with E-state index in [1.165, 1.54) is 4.90 Å². The van der Waals surface area contributed by atoms with Gasteiger partial charge in [0.25, 0.3) is 5.91 Å². The number of benzene rings is 2. The molecule has 1 amide bonds. The Morgan fingerprint density at radius 2 is 1.85 bits per heavy atom. The highest BCUT2D eigenvalue weighted by molar-refractivity contribution is 6.11. The topological polar surface area (TPSA) is 53.3 Å². The third-order valence-corrected chi connectivity index (χ3v) is 3.44. The first kappa shape index (κ1) is 12.2. The number of nitrogens with zero attached hydrogens (tertiary/aromatic N) is 2. The molecule has 0 N–H and O–H groups in total. The fraction of sp³-hybridized carbons (Fsp3) is 0.125. The third-order valence-electron chi connectivity index (χ3n) is 3.44. The molecule has 2 aromatic carbocycles. The predicted octanol–water partition coefficient (Wildman–Crippen LogP) is 2.92. The van der Waals surface area contributed by atoms with Crippen LogP contribution < -0.4 is 9.64 Å². The van der Waals surface area contributed by atoms with Crippen molar-refractivity contribution in [3.05, 3.63) is 59.7 Å². The minimum Gasteiger partial charge on any atom is -0.497 e. The third kappa shape index (κ3) is 1.72. The van der Waals surface area contributed by atoms with Crippen molar-refractivity contribution in [2.45, 2.75) is 6.04 Å². The summed E-state index contributed by atoms with van der Waals surface area (Å²) in [6.45, 7) is 0. The Kier molecular flexibility index (Phi) is 2.88.